The summed E-state index contributed by atoms with van der Waals surface area (Å²) in [5.41, 5.74) is -0.181. The average Bonchev–Trinajstić information content (AvgIpc) is 2.59. The number of ether oxygens (including phenoxy) is 1. The standard InChI is InChI=1S/C16H16F3N3O3S/c1-25-9-8-22-14(23)7-6-12(21-22)15(24)20-11-4-2-3-5-13(11)26-10-16(17,18)19/h2-7H,8-10H2,1H3,(H,20,24). The molecule has 0 saturated carbocycles. The number of aromatic nitrogens is 2. The van der Waals surface area contributed by atoms with Gasteiger partial charge < -0.3 is 10.1 Å². The Hall–Kier alpha value is -2.33. The van der Waals surface area contributed by atoms with E-state index >= 15 is 0 Å². The van der Waals surface area contributed by atoms with E-state index in [2.05, 4.69) is 10.4 Å². The zero-order valence-corrected chi connectivity index (χ0v) is 14.6. The van der Waals surface area contributed by atoms with E-state index in [0.717, 1.165) is 4.68 Å². The number of methoxy groups -OCH3 is 1. The lowest BCUT2D eigenvalue weighted by atomic mass is 10.3. The van der Waals surface area contributed by atoms with Gasteiger partial charge in [0.05, 0.1) is 24.6 Å². The van der Waals surface area contributed by atoms with E-state index in [1.54, 1.807) is 12.1 Å². The van der Waals surface area contributed by atoms with Crippen LogP contribution in [0.5, 0.6) is 0 Å². The largest absolute Gasteiger partial charge is 0.398 e. The van der Waals surface area contributed by atoms with Crippen LogP contribution in [0.3, 0.4) is 0 Å². The van der Waals surface area contributed by atoms with E-state index < -0.39 is 17.8 Å². The van der Waals surface area contributed by atoms with E-state index in [0.29, 0.717) is 11.8 Å². The monoisotopic (exact) mass is 387 g/mol. The molecule has 140 valence electrons. The minimum absolute atomic E-state index is 0.0312. The Morgan fingerprint density at radius 3 is 2.69 bits per heavy atom. The number of thioether (sulfide) groups is 1. The molecule has 1 aromatic heterocycles. The van der Waals surface area contributed by atoms with Crippen LogP contribution in [-0.4, -0.2) is 41.3 Å². The predicted octanol–water partition coefficient (Wildman–Crippen LogP) is 2.80. The highest BCUT2D eigenvalue weighted by molar-refractivity contribution is 7.99. The number of alkyl halides is 3. The molecule has 0 aliphatic carbocycles. The molecule has 0 radical (unpaired) electrons. The van der Waals surface area contributed by atoms with E-state index in [9.17, 15) is 22.8 Å². The van der Waals surface area contributed by atoms with Crippen LogP contribution in [0.15, 0.2) is 46.1 Å². The van der Waals surface area contributed by atoms with Crippen LogP contribution in [0.1, 0.15) is 10.5 Å². The van der Waals surface area contributed by atoms with Crippen LogP contribution in [-0.2, 0) is 11.3 Å². The highest BCUT2D eigenvalue weighted by atomic mass is 32.2. The normalized spacial score (nSPS) is 11.4. The summed E-state index contributed by atoms with van der Waals surface area (Å²) in [6, 6.07) is 8.61. The van der Waals surface area contributed by atoms with Gasteiger partial charge in [0.1, 0.15) is 5.69 Å². The second-order valence-electron chi connectivity index (χ2n) is 5.13. The molecule has 1 N–H and O–H groups in total. The van der Waals surface area contributed by atoms with Crippen LogP contribution >= 0.6 is 11.8 Å². The molecule has 10 heteroatoms. The van der Waals surface area contributed by atoms with Crippen molar-refractivity contribution in [2.24, 2.45) is 0 Å². The summed E-state index contributed by atoms with van der Waals surface area (Å²) in [4.78, 5) is 24.3. The summed E-state index contributed by atoms with van der Waals surface area (Å²) >= 11 is 0.576. The Labute approximate surface area is 151 Å². The van der Waals surface area contributed by atoms with Gasteiger partial charge in [-0.25, -0.2) is 4.68 Å². The maximum atomic E-state index is 12.4. The summed E-state index contributed by atoms with van der Waals surface area (Å²) in [6.45, 7) is 0.420. The zero-order chi connectivity index (χ0) is 19.2. The van der Waals surface area contributed by atoms with Crippen LogP contribution in [0, 0.1) is 0 Å². The second-order valence-corrected chi connectivity index (χ2v) is 6.14. The lowest BCUT2D eigenvalue weighted by molar-refractivity contribution is -0.105. The van der Waals surface area contributed by atoms with Crippen molar-refractivity contribution in [2.45, 2.75) is 17.6 Å². The van der Waals surface area contributed by atoms with Gasteiger partial charge in [0, 0.05) is 18.1 Å². The molecule has 1 amide bonds. The first-order valence-corrected chi connectivity index (χ1v) is 8.46. The number of halogens is 3. The number of carbonyl (C=O) groups is 1. The number of nitrogens with zero attached hydrogens (tertiary/aromatic N) is 2. The van der Waals surface area contributed by atoms with Crippen molar-refractivity contribution in [3.05, 3.63) is 52.4 Å². The molecular formula is C16H16F3N3O3S. The zero-order valence-electron chi connectivity index (χ0n) is 13.7. The molecule has 1 aromatic carbocycles. The molecule has 0 unspecified atom stereocenters. The maximum Gasteiger partial charge on any atom is 0.398 e. The van der Waals surface area contributed by atoms with Crippen LogP contribution in [0.2, 0.25) is 0 Å². The Kier molecular flexibility index (Phi) is 6.81. The van der Waals surface area contributed by atoms with Crippen molar-refractivity contribution in [2.75, 3.05) is 24.8 Å². The van der Waals surface area contributed by atoms with Gasteiger partial charge in [-0.05, 0) is 18.2 Å². The number of hydrogen-bond acceptors (Lipinski definition) is 5. The molecule has 0 saturated heterocycles. The van der Waals surface area contributed by atoms with Crippen molar-refractivity contribution in [3.8, 4) is 0 Å². The van der Waals surface area contributed by atoms with Gasteiger partial charge in [0.2, 0.25) is 0 Å². The lowest BCUT2D eigenvalue weighted by Gasteiger charge is -2.12. The first-order chi connectivity index (χ1) is 12.3. The third kappa shape index (κ3) is 5.88. The van der Waals surface area contributed by atoms with Gasteiger partial charge in [0.15, 0.2) is 0 Å². The number of rotatable bonds is 7. The average molecular weight is 387 g/mol. The Balaban J connectivity index is 2.16. The molecule has 0 bridgehead atoms. The summed E-state index contributed by atoms with van der Waals surface area (Å²) in [6.07, 6.45) is -4.32. The molecule has 0 atom stereocenters. The number of hydrogen-bond donors (Lipinski definition) is 1. The molecule has 0 aliphatic rings. The third-order valence-corrected chi connectivity index (χ3v) is 4.27. The number of benzene rings is 1. The Bertz CT molecular complexity index is 824. The van der Waals surface area contributed by atoms with E-state index in [1.807, 2.05) is 0 Å². The third-order valence-electron chi connectivity index (χ3n) is 3.13. The fraction of sp³-hybridized carbons (Fsp3) is 0.312. The topological polar surface area (TPSA) is 73.2 Å². The minimum atomic E-state index is -4.32. The van der Waals surface area contributed by atoms with Gasteiger partial charge >= 0.3 is 6.18 Å². The van der Waals surface area contributed by atoms with Crippen LogP contribution in [0.4, 0.5) is 18.9 Å². The summed E-state index contributed by atoms with van der Waals surface area (Å²) in [7, 11) is 1.47. The van der Waals surface area contributed by atoms with Crippen LogP contribution < -0.4 is 10.9 Å². The van der Waals surface area contributed by atoms with Crippen molar-refractivity contribution >= 4 is 23.4 Å². The van der Waals surface area contributed by atoms with E-state index in [-0.39, 0.29) is 35.0 Å². The van der Waals surface area contributed by atoms with Crippen molar-refractivity contribution in [3.63, 3.8) is 0 Å². The van der Waals surface area contributed by atoms with Gasteiger partial charge in [-0.2, -0.15) is 18.3 Å². The van der Waals surface area contributed by atoms with E-state index in [1.165, 1.54) is 31.4 Å². The lowest BCUT2D eigenvalue weighted by Crippen LogP contribution is -2.27. The highest BCUT2D eigenvalue weighted by Gasteiger charge is 2.27. The highest BCUT2D eigenvalue weighted by Crippen LogP contribution is 2.32. The summed E-state index contributed by atoms with van der Waals surface area (Å²) in [5, 5.41) is 6.48. The molecule has 2 aromatic rings. The SMILES string of the molecule is COCCn1nc(C(=O)Nc2ccccc2SCC(F)(F)F)ccc1=O. The molecule has 0 fully saturated rings. The quantitative estimate of drug-likeness (QED) is 0.740. The number of para-hydroxylation sites is 1. The number of anilines is 1. The maximum absolute atomic E-state index is 12.4. The molecule has 2 rings (SSSR count). The van der Waals surface area contributed by atoms with Gasteiger partial charge in [-0.1, -0.05) is 12.1 Å². The molecule has 26 heavy (non-hydrogen) atoms. The molecule has 1 heterocycles. The van der Waals surface area contributed by atoms with Crippen LogP contribution in [0.25, 0.3) is 0 Å². The fourth-order valence-electron chi connectivity index (χ4n) is 1.95. The molecule has 0 aliphatic heterocycles. The van der Waals surface area contributed by atoms with Crippen molar-refractivity contribution in [1.29, 1.82) is 0 Å². The molecule has 0 spiro atoms. The van der Waals surface area contributed by atoms with E-state index in [4.69, 9.17) is 4.74 Å². The van der Waals surface area contributed by atoms with Crippen molar-refractivity contribution < 1.29 is 22.7 Å². The number of carbonyl (C=O) groups excluding carboxylic acids is 1. The van der Waals surface area contributed by atoms with Gasteiger partial charge in [-0.3, -0.25) is 9.59 Å². The van der Waals surface area contributed by atoms with Gasteiger partial charge in [-0.15, -0.1) is 11.8 Å². The van der Waals surface area contributed by atoms with Crippen molar-refractivity contribution in [1.82, 2.24) is 9.78 Å². The molecular weight excluding hydrogens is 371 g/mol. The number of nitrogens with one attached hydrogen (secondary N) is 1. The summed E-state index contributed by atoms with van der Waals surface area (Å²) < 4.78 is 43.2. The summed E-state index contributed by atoms with van der Waals surface area (Å²) in [5.74, 6) is -1.70. The fourth-order valence-corrected chi connectivity index (χ4v) is 2.72. The molecule has 6 nitrogen and oxygen atoms in total. The number of amides is 1. The Morgan fingerprint density at radius 1 is 1.27 bits per heavy atom. The predicted molar refractivity (Wildman–Crippen MR) is 91.5 cm³/mol. The minimum Gasteiger partial charge on any atom is -0.383 e. The van der Waals surface area contributed by atoms with Gasteiger partial charge in [0.25, 0.3) is 11.5 Å². The second kappa shape index (κ2) is 8.86. The first-order valence-electron chi connectivity index (χ1n) is 7.47. The Morgan fingerprint density at radius 2 is 2.00 bits per heavy atom. The smallest absolute Gasteiger partial charge is 0.383 e. The first kappa shape index (κ1) is 20.0.